The van der Waals surface area contributed by atoms with Crippen molar-refractivity contribution in [3.05, 3.63) is 65.7 Å². The van der Waals surface area contributed by atoms with E-state index < -0.39 is 28.4 Å². The number of halogens is 3. The zero-order valence-electron chi connectivity index (χ0n) is 15.2. The molecule has 1 amide bonds. The van der Waals surface area contributed by atoms with Gasteiger partial charge < -0.3 is 4.90 Å². The predicted octanol–water partition coefficient (Wildman–Crippen LogP) is 3.27. The summed E-state index contributed by atoms with van der Waals surface area (Å²) in [6, 6.07) is 14.1. The molecule has 3 rings (SSSR count). The Balaban J connectivity index is 1.54. The molecule has 2 aromatic carbocycles. The second kappa shape index (κ2) is 8.87. The molecule has 4 nitrogen and oxygen atoms in total. The second-order valence-electron chi connectivity index (χ2n) is 6.54. The van der Waals surface area contributed by atoms with Gasteiger partial charge in [-0.1, -0.05) is 30.3 Å². The molecule has 8 heteroatoms. The van der Waals surface area contributed by atoms with Gasteiger partial charge in [0.25, 0.3) is 5.91 Å². The summed E-state index contributed by atoms with van der Waals surface area (Å²) < 4.78 is 51.7. The van der Waals surface area contributed by atoms with Crippen LogP contribution in [0, 0.1) is 0 Å². The first-order valence-corrected chi connectivity index (χ1v) is 10.3. The molecule has 1 unspecified atom stereocenters. The summed E-state index contributed by atoms with van der Waals surface area (Å²) >= 11 is 0. The quantitative estimate of drug-likeness (QED) is 0.760. The number of amides is 1. The molecule has 0 aromatic heterocycles. The summed E-state index contributed by atoms with van der Waals surface area (Å²) in [4.78, 5) is 16.9. The number of hydrogen-bond acceptors (Lipinski definition) is 3. The van der Waals surface area contributed by atoms with Crippen molar-refractivity contribution in [3.63, 3.8) is 0 Å². The average Bonchev–Trinajstić information content (AvgIpc) is 2.72. The van der Waals surface area contributed by atoms with E-state index in [9.17, 15) is 22.2 Å². The van der Waals surface area contributed by atoms with E-state index in [1.807, 2.05) is 30.3 Å². The summed E-state index contributed by atoms with van der Waals surface area (Å²) in [6.45, 7) is 2.41. The fraction of sp³-hybridized carbons (Fsp3) is 0.350. The van der Waals surface area contributed by atoms with E-state index in [-0.39, 0.29) is 5.56 Å². The highest BCUT2D eigenvalue weighted by Gasteiger charge is 2.36. The van der Waals surface area contributed by atoms with E-state index in [0.717, 1.165) is 11.0 Å². The minimum absolute atomic E-state index is 0.311. The Labute approximate surface area is 164 Å². The molecule has 1 aliphatic heterocycles. The smallest absolute Gasteiger partial charge is 0.336 e. The van der Waals surface area contributed by atoms with Gasteiger partial charge in [-0.05, 0) is 24.3 Å². The van der Waals surface area contributed by atoms with Crippen LogP contribution in [0.15, 0.2) is 59.5 Å². The fourth-order valence-corrected chi connectivity index (χ4v) is 4.28. The minimum atomic E-state index is -4.56. The van der Waals surface area contributed by atoms with Gasteiger partial charge in [-0.2, -0.15) is 13.2 Å². The minimum Gasteiger partial charge on any atom is -0.336 e. The highest BCUT2D eigenvalue weighted by molar-refractivity contribution is 7.85. The lowest BCUT2D eigenvalue weighted by Gasteiger charge is -2.35. The number of benzene rings is 2. The second-order valence-corrected chi connectivity index (χ2v) is 8.11. The summed E-state index contributed by atoms with van der Waals surface area (Å²) in [5.41, 5.74) is -1.21. The molecule has 0 spiro atoms. The Hall–Kier alpha value is -2.19. The Morgan fingerprint density at radius 2 is 1.54 bits per heavy atom. The molecule has 0 radical (unpaired) electrons. The molecule has 150 valence electrons. The van der Waals surface area contributed by atoms with Crippen molar-refractivity contribution < 1.29 is 22.2 Å². The maximum atomic E-state index is 13.1. The third kappa shape index (κ3) is 4.99. The molecule has 0 saturated carbocycles. The number of piperazine rings is 1. The van der Waals surface area contributed by atoms with Gasteiger partial charge in [0.1, 0.15) is 0 Å². The van der Waals surface area contributed by atoms with Gasteiger partial charge in [0.05, 0.1) is 21.9 Å². The molecule has 0 N–H and O–H groups in total. The van der Waals surface area contributed by atoms with E-state index in [0.29, 0.717) is 38.5 Å². The normalized spacial score (nSPS) is 16.8. The number of nitrogens with zero attached hydrogens (tertiary/aromatic N) is 2. The fourth-order valence-electron chi connectivity index (χ4n) is 3.16. The van der Waals surface area contributed by atoms with Gasteiger partial charge in [-0.25, -0.2) is 0 Å². The standard InChI is InChI=1S/C20H21F3N2O2S/c21-20(22,23)18-9-5-4-8-17(18)19(26)25-12-10-24(11-13-25)14-15-28(27)16-6-2-1-3-7-16/h1-9H,10-15H2. The van der Waals surface area contributed by atoms with Crippen LogP contribution in [0.2, 0.25) is 0 Å². The van der Waals surface area contributed by atoms with Gasteiger partial charge in [-0.15, -0.1) is 0 Å². The number of rotatable bonds is 5. The topological polar surface area (TPSA) is 40.6 Å². The lowest BCUT2D eigenvalue weighted by atomic mass is 10.1. The Kier molecular flexibility index (Phi) is 6.51. The SMILES string of the molecule is O=C(c1ccccc1C(F)(F)F)N1CCN(CCS(=O)c2ccccc2)CC1. The van der Waals surface area contributed by atoms with Gasteiger partial charge in [0, 0.05) is 43.4 Å². The third-order valence-corrected chi connectivity index (χ3v) is 6.07. The van der Waals surface area contributed by atoms with Crippen molar-refractivity contribution in [2.45, 2.75) is 11.1 Å². The van der Waals surface area contributed by atoms with Crippen molar-refractivity contribution in [2.75, 3.05) is 38.5 Å². The summed E-state index contributed by atoms with van der Waals surface area (Å²) in [6.07, 6.45) is -4.56. The number of alkyl halides is 3. The summed E-state index contributed by atoms with van der Waals surface area (Å²) in [5.74, 6) is -0.116. The Morgan fingerprint density at radius 3 is 2.18 bits per heavy atom. The molecular weight excluding hydrogens is 389 g/mol. The van der Waals surface area contributed by atoms with Crippen LogP contribution in [-0.4, -0.2) is 58.4 Å². The lowest BCUT2D eigenvalue weighted by Crippen LogP contribution is -2.49. The van der Waals surface area contributed by atoms with Crippen LogP contribution >= 0.6 is 0 Å². The van der Waals surface area contributed by atoms with Gasteiger partial charge in [-0.3, -0.25) is 13.9 Å². The zero-order valence-corrected chi connectivity index (χ0v) is 16.0. The molecule has 1 atom stereocenters. The highest BCUT2D eigenvalue weighted by atomic mass is 32.2. The number of carbonyl (C=O) groups excluding carboxylic acids is 1. The van der Waals surface area contributed by atoms with E-state index in [2.05, 4.69) is 4.90 Å². The molecule has 2 aromatic rings. The Morgan fingerprint density at radius 1 is 0.929 bits per heavy atom. The molecule has 1 saturated heterocycles. The van der Waals surface area contributed by atoms with E-state index >= 15 is 0 Å². The van der Waals surface area contributed by atoms with Crippen molar-refractivity contribution in [2.24, 2.45) is 0 Å². The highest BCUT2D eigenvalue weighted by Crippen LogP contribution is 2.32. The molecule has 1 aliphatic rings. The molecular formula is C20H21F3N2O2S. The zero-order chi connectivity index (χ0) is 20.1. The largest absolute Gasteiger partial charge is 0.417 e. The first-order chi connectivity index (χ1) is 13.4. The third-order valence-electron chi connectivity index (χ3n) is 4.72. The van der Waals surface area contributed by atoms with Crippen molar-refractivity contribution in [3.8, 4) is 0 Å². The predicted molar refractivity (Wildman–Crippen MR) is 102 cm³/mol. The molecule has 0 bridgehead atoms. The van der Waals surface area contributed by atoms with Crippen LogP contribution < -0.4 is 0 Å². The summed E-state index contributed by atoms with van der Waals surface area (Å²) in [7, 11) is -1.09. The Bertz CT molecular complexity index is 835. The van der Waals surface area contributed by atoms with Crippen LogP contribution in [0.1, 0.15) is 15.9 Å². The van der Waals surface area contributed by atoms with Crippen LogP contribution in [-0.2, 0) is 17.0 Å². The first kappa shape index (κ1) is 20.5. The molecule has 1 heterocycles. The molecule has 1 fully saturated rings. The van der Waals surface area contributed by atoms with E-state index in [1.165, 1.54) is 23.1 Å². The van der Waals surface area contributed by atoms with E-state index in [1.54, 1.807) is 0 Å². The number of hydrogen-bond donors (Lipinski definition) is 0. The molecule has 0 aliphatic carbocycles. The average molecular weight is 410 g/mol. The maximum Gasteiger partial charge on any atom is 0.417 e. The lowest BCUT2D eigenvalue weighted by molar-refractivity contribution is -0.138. The van der Waals surface area contributed by atoms with Crippen molar-refractivity contribution in [1.29, 1.82) is 0 Å². The van der Waals surface area contributed by atoms with Gasteiger partial charge in [0.2, 0.25) is 0 Å². The first-order valence-electron chi connectivity index (χ1n) is 8.97. The molecule has 28 heavy (non-hydrogen) atoms. The van der Waals surface area contributed by atoms with Gasteiger partial charge in [0.15, 0.2) is 0 Å². The van der Waals surface area contributed by atoms with Crippen LogP contribution in [0.5, 0.6) is 0 Å². The van der Waals surface area contributed by atoms with E-state index in [4.69, 9.17) is 0 Å². The monoisotopic (exact) mass is 410 g/mol. The van der Waals surface area contributed by atoms with Crippen molar-refractivity contribution in [1.82, 2.24) is 9.80 Å². The maximum absolute atomic E-state index is 13.1. The van der Waals surface area contributed by atoms with Gasteiger partial charge >= 0.3 is 6.18 Å². The number of carbonyl (C=O) groups is 1. The van der Waals surface area contributed by atoms with Crippen molar-refractivity contribution >= 4 is 16.7 Å². The van der Waals surface area contributed by atoms with Crippen LogP contribution in [0.3, 0.4) is 0 Å². The van der Waals surface area contributed by atoms with Crippen LogP contribution in [0.4, 0.5) is 13.2 Å². The summed E-state index contributed by atoms with van der Waals surface area (Å²) in [5, 5.41) is 0. The van der Waals surface area contributed by atoms with Crippen LogP contribution in [0.25, 0.3) is 0 Å².